The second-order valence-electron chi connectivity index (χ2n) is 3.30. The summed E-state index contributed by atoms with van der Waals surface area (Å²) < 4.78 is 4.89. The molecule has 0 atom stereocenters. The Bertz CT molecular complexity index is 323. The fourth-order valence-corrected chi connectivity index (χ4v) is 0.942. The molecule has 3 N–H and O–H groups in total. The van der Waals surface area contributed by atoms with E-state index >= 15 is 0 Å². The Hall–Kier alpha value is -1.79. The molecule has 0 spiro atoms. The second kappa shape index (κ2) is 5.18. The highest BCUT2D eigenvalue weighted by Crippen LogP contribution is 2.04. The first-order chi connectivity index (χ1) is 7.08. The molecule has 0 radical (unpaired) electrons. The lowest BCUT2D eigenvalue weighted by atomic mass is 10.4. The molecule has 1 amide bonds. The van der Waals surface area contributed by atoms with E-state index in [0.717, 1.165) is 0 Å². The summed E-state index contributed by atoms with van der Waals surface area (Å²) in [6, 6.07) is 0.575. The first-order valence-corrected chi connectivity index (χ1v) is 4.64. The Balaban J connectivity index is 2.36. The Morgan fingerprint density at radius 3 is 2.93 bits per heavy atom. The maximum absolute atomic E-state index is 10.2. The van der Waals surface area contributed by atoms with E-state index in [0.29, 0.717) is 18.3 Å². The van der Waals surface area contributed by atoms with Gasteiger partial charge >= 0.3 is 12.1 Å². The number of hydrogen-bond acceptors (Lipinski definition) is 5. The molecule has 0 aliphatic heterocycles. The molecule has 0 saturated carbocycles. The third-order valence-corrected chi connectivity index (χ3v) is 1.51. The van der Waals surface area contributed by atoms with Gasteiger partial charge in [0, 0.05) is 19.0 Å². The van der Waals surface area contributed by atoms with Crippen molar-refractivity contribution in [2.24, 2.45) is 0 Å². The average Bonchev–Trinajstić information content (AvgIpc) is 2.50. The van der Waals surface area contributed by atoms with E-state index in [1.807, 2.05) is 13.8 Å². The predicted octanol–water partition coefficient (Wildman–Crippen LogP) is 0.700. The van der Waals surface area contributed by atoms with E-state index in [1.54, 1.807) is 0 Å². The molecule has 1 aromatic rings. The number of aromatic nitrogens is 2. The van der Waals surface area contributed by atoms with Crippen LogP contribution in [0.1, 0.15) is 19.7 Å². The normalized spacial score (nSPS) is 10.3. The summed E-state index contributed by atoms with van der Waals surface area (Å²) in [5.41, 5.74) is 0. The quantitative estimate of drug-likeness (QED) is 0.667. The van der Waals surface area contributed by atoms with Crippen LogP contribution >= 0.6 is 0 Å². The van der Waals surface area contributed by atoms with Crippen molar-refractivity contribution >= 4 is 12.1 Å². The average molecular weight is 214 g/mol. The summed E-state index contributed by atoms with van der Waals surface area (Å²) in [6.45, 7) is 4.18. The lowest BCUT2D eigenvalue weighted by Crippen LogP contribution is -2.23. The minimum absolute atomic E-state index is 0.218. The Morgan fingerprint density at radius 1 is 1.60 bits per heavy atom. The smallest absolute Gasteiger partial charge is 0.404 e. The summed E-state index contributed by atoms with van der Waals surface area (Å²) in [5, 5.41) is 17.2. The molecular weight excluding hydrogens is 200 g/mol. The largest absolute Gasteiger partial charge is 0.465 e. The molecule has 0 unspecified atom stereocenters. The molecule has 1 rings (SSSR count). The molecule has 15 heavy (non-hydrogen) atoms. The van der Waals surface area contributed by atoms with E-state index in [1.165, 1.54) is 0 Å². The highest BCUT2D eigenvalue weighted by atomic mass is 16.5. The van der Waals surface area contributed by atoms with Crippen LogP contribution in [0.25, 0.3) is 0 Å². The zero-order valence-electron chi connectivity index (χ0n) is 8.65. The van der Waals surface area contributed by atoms with Crippen LogP contribution in [-0.4, -0.2) is 33.9 Å². The third kappa shape index (κ3) is 4.30. The van der Waals surface area contributed by atoms with Crippen LogP contribution < -0.4 is 10.6 Å². The van der Waals surface area contributed by atoms with Gasteiger partial charge in [0.15, 0.2) is 5.82 Å². The van der Waals surface area contributed by atoms with E-state index in [4.69, 9.17) is 9.63 Å². The van der Waals surface area contributed by atoms with Gasteiger partial charge in [-0.3, -0.25) is 0 Å². The van der Waals surface area contributed by atoms with Crippen molar-refractivity contribution in [1.29, 1.82) is 0 Å². The number of anilines is 1. The van der Waals surface area contributed by atoms with Crippen LogP contribution in [-0.2, 0) is 6.42 Å². The maximum atomic E-state index is 10.2. The second-order valence-corrected chi connectivity index (χ2v) is 3.30. The summed E-state index contributed by atoms with van der Waals surface area (Å²) in [7, 11) is 0. The van der Waals surface area contributed by atoms with Crippen molar-refractivity contribution in [3.05, 3.63) is 5.82 Å². The van der Waals surface area contributed by atoms with Crippen molar-refractivity contribution in [3.63, 3.8) is 0 Å². The summed E-state index contributed by atoms with van der Waals surface area (Å²) >= 11 is 0. The van der Waals surface area contributed by atoms with Crippen LogP contribution in [0.15, 0.2) is 4.52 Å². The Kier molecular flexibility index (Phi) is 3.90. The molecule has 0 aromatic carbocycles. The molecular formula is C8H14N4O3. The molecule has 1 aromatic heterocycles. The van der Waals surface area contributed by atoms with Gasteiger partial charge in [-0.15, -0.1) is 0 Å². The Labute approximate surface area is 86.9 Å². The Morgan fingerprint density at radius 2 is 2.33 bits per heavy atom. The molecule has 0 fully saturated rings. The van der Waals surface area contributed by atoms with E-state index in [2.05, 4.69) is 20.8 Å². The van der Waals surface area contributed by atoms with Gasteiger partial charge in [0.25, 0.3) is 0 Å². The molecule has 1 heterocycles. The fourth-order valence-electron chi connectivity index (χ4n) is 0.942. The zero-order valence-corrected chi connectivity index (χ0v) is 8.65. The molecule has 0 aliphatic rings. The van der Waals surface area contributed by atoms with Crippen LogP contribution in [0.3, 0.4) is 0 Å². The first-order valence-electron chi connectivity index (χ1n) is 4.64. The molecule has 0 aliphatic carbocycles. The van der Waals surface area contributed by atoms with Crippen molar-refractivity contribution in [2.45, 2.75) is 26.3 Å². The lowest BCUT2D eigenvalue weighted by Gasteiger charge is -2.01. The van der Waals surface area contributed by atoms with Gasteiger partial charge in [-0.05, 0) is 13.8 Å². The SMILES string of the molecule is CC(C)Nc1nc(CCNC(=O)O)no1. The van der Waals surface area contributed by atoms with Gasteiger partial charge in [-0.25, -0.2) is 4.79 Å². The summed E-state index contributed by atoms with van der Waals surface area (Å²) in [5.74, 6) is 0.479. The minimum Gasteiger partial charge on any atom is -0.465 e. The minimum atomic E-state index is -1.06. The molecule has 7 nitrogen and oxygen atoms in total. The van der Waals surface area contributed by atoms with Crippen molar-refractivity contribution in [1.82, 2.24) is 15.5 Å². The van der Waals surface area contributed by atoms with Crippen LogP contribution in [0.5, 0.6) is 0 Å². The fraction of sp³-hybridized carbons (Fsp3) is 0.625. The number of nitrogens with zero attached hydrogens (tertiary/aromatic N) is 2. The lowest BCUT2D eigenvalue weighted by molar-refractivity contribution is 0.194. The highest BCUT2D eigenvalue weighted by Gasteiger charge is 2.06. The summed E-state index contributed by atoms with van der Waals surface area (Å²) in [6.07, 6.45) is -0.644. The van der Waals surface area contributed by atoms with Gasteiger partial charge in [-0.2, -0.15) is 4.98 Å². The van der Waals surface area contributed by atoms with E-state index in [-0.39, 0.29) is 12.6 Å². The van der Waals surface area contributed by atoms with Crippen LogP contribution in [0.2, 0.25) is 0 Å². The van der Waals surface area contributed by atoms with E-state index < -0.39 is 6.09 Å². The first kappa shape index (κ1) is 11.3. The third-order valence-electron chi connectivity index (χ3n) is 1.51. The number of nitrogens with one attached hydrogen (secondary N) is 2. The van der Waals surface area contributed by atoms with E-state index in [9.17, 15) is 4.79 Å². The molecule has 0 bridgehead atoms. The van der Waals surface area contributed by atoms with Crippen molar-refractivity contribution < 1.29 is 14.4 Å². The number of carboxylic acid groups (broad SMARTS) is 1. The van der Waals surface area contributed by atoms with Gasteiger partial charge in [0.1, 0.15) is 0 Å². The highest BCUT2D eigenvalue weighted by molar-refractivity contribution is 5.64. The molecule has 0 saturated heterocycles. The molecule has 7 heteroatoms. The number of carbonyl (C=O) groups is 1. The molecule has 84 valence electrons. The standard InChI is InChI=1S/C8H14N4O3/c1-5(2)10-7-11-6(12-15-7)3-4-9-8(13)14/h5,9H,3-4H2,1-2H3,(H,13,14)(H,10,11,12). The van der Waals surface area contributed by atoms with Gasteiger partial charge in [0.2, 0.25) is 0 Å². The zero-order chi connectivity index (χ0) is 11.3. The van der Waals surface area contributed by atoms with Crippen LogP contribution in [0, 0.1) is 0 Å². The van der Waals surface area contributed by atoms with Gasteiger partial charge in [-0.1, -0.05) is 5.16 Å². The number of hydrogen-bond donors (Lipinski definition) is 3. The maximum Gasteiger partial charge on any atom is 0.404 e. The van der Waals surface area contributed by atoms with Crippen molar-refractivity contribution in [2.75, 3.05) is 11.9 Å². The number of amides is 1. The van der Waals surface area contributed by atoms with Crippen molar-refractivity contribution in [3.8, 4) is 0 Å². The summed E-state index contributed by atoms with van der Waals surface area (Å²) in [4.78, 5) is 14.2. The van der Waals surface area contributed by atoms with Crippen LogP contribution in [0.4, 0.5) is 10.8 Å². The predicted molar refractivity (Wildman–Crippen MR) is 52.8 cm³/mol. The monoisotopic (exact) mass is 214 g/mol. The van der Waals surface area contributed by atoms with Gasteiger partial charge < -0.3 is 20.3 Å². The number of rotatable bonds is 5. The van der Waals surface area contributed by atoms with Gasteiger partial charge in [0.05, 0.1) is 0 Å². The topological polar surface area (TPSA) is 100 Å².